The first-order chi connectivity index (χ1) is 11.7. The molecule has 0 aromatic heterocycles. The van der Waals surface area contributed by atoms with E-state index in [4.69, 9.17) is 4.99 Å². The van der Waals surface area contributed by atoms with Crippen LogP contribution in [0.5, 0.6) is 0 Å². The summed E-state index contributed by atoms with van der Waals surface area (Å²) in [6.45, 7) is 3.39. The molecule has 2 saturated heterocycles. The van der Waals surface area contributed by atoms with Crippen molar-refractivity contribution >= 4 is 17.3 Å². The fourth-order valence-electron chi connectivity index (χ4n) is 4.21. The van der Waals surface area contributed by atoms with Crippen LogP contribution in [-0.4, -0.2) is 60.4 Å². The average Bonchev–Trinajstić information content (AvgIpc) is 2.60. The quantitative estimate of drug-likeness (QED) is 0.852. The number of carbonyl (C=O) groups is 2. The third-order valence-electron chi connectivity index (χ3n) is 5.51. The predicted molar refractivity (Wildman–Crippen MR) is 93.3 cm³/mol. The number of piperidine rings is 2. The molecule has 0 radical (unpaired) electrons. The van der Waals surface area contributed by atoms with Gasteiger partial charge in [0.25, 0.3) is 0 Å². The molecule has 0 bridgehead atoms. The lowest BCUT2D eigenvalue weighted by Gasteiger charge is -2.34. The maximum Gasteiger partial charge on any atom is 0.169 e. The minimum absolute atomic E-state index is 0.0617. The van der Waals surface area contributed by atoms with E-state index in [-0.39, 0.29) is 23.7 Å². The summed E-state index contributed by atoms with van der Waals surface area (Å²) in [5, 5.41) is 3.38. The monoisotopic (exact) mass is 327 g/mol. The van der Waals surface area contributed by atoms with Crippen molar-refractivity contribution in [1.29, 1.82) is 0 Å². The molecule has 1 aliphatic carbocycles. The number of nitrogens with one attached hydrogen (secondary N) is 1. The third-order valence-corrected chi connectivity index (χ3v) is 5.51. The van der Waals surface area contributed by atoms with Crippen molar-refractivity contribution in [3.05, 3.63) is 23.3 Å². The number of dihydropyridines is 1. The number of hydrogen-bond donors (Lipinski definition) is 1. The van der Waals surface area contributed by atoms with Crippen LogP contribution in [-0.2, 0) is 9.59 Å². The number of rotatable bonds is 3. The van der Waals surface area contributed by atoms with Crippen LogP contribution < -0.4 is 5.32 Å². The summed E-state index contributed by atoms with van der Waals surface area (Å²) in [6, 6.07) is -0.210. The van der Waals surface area contributed by atoms with Crippen molar-refractivity contribution in [2.75, 3.05) is 26.2 Å². The molecule has 4 rings (SSSR count). The highest BCUT2D eigenvalue weighted by Gasteiger charge is 2.35. The van der Waals surface area contributed by atoms with Gasteiger partial charge in [-0.25, -0.2) is 0 Å². The molecule has 4 aliphatic rings. The van der Waals surface area contributed by atoms with E-state index in [1.165, 1.54) is 19.3 Å². The molecule has 2 atom stereocenters. The Balaban J connectivity index is 1.52. The van der Waals surface area contributed by atoms with Crippen LogP contribution in [0.2, 0.25) is 0 Å². The average molecular weight is 327 g/mol. The Kier molecular flexibility index (Phi) is 4.46. The number of likely N-dealkylation sites (tertiary alicyclic amines) is 1. The Bertz CT molecular complexity index is 641. The maximum atomic E-state index is 12.9. The molecular formula is C19H25N3O2. The zero-order chi connectivity index (χ0) is 16.5. The maximum absolute atomic E-state index is 12.9. The zero-order valence-electron chi connectivity index (χ0n) is 14.1. The van der Waals surface area contributed by atoms with Crippen molar-refractivity contribution in [2.24, 2.45) is 4.99 Å². The van der Waals surface area contributed by atoms with Crippen molar-refractivity contribution in [3.63, 3.8) is 0 Å². The van der Waals surface area contributed by atoms with Crippen molar-refractivity contribution < 1.29 is 9.59 Å². The topological polar surface area (TPSA) is 61.8 Å². The Morgan fingerprint density at radius 2 is 2.04 bits per heavy atom. The van der Waals surface area contributed by atoms with Gasteiger partial charge in [0.15, 0.2) is 11.6 Å². The normalized spacial score (nSPS) is 30.7. The zero-order valence-corrected chi connectivity index (χ0v) is 14.1. The van der Waals surface area contributed by atoms with Gasteiger partial charge < -0.3 is 5.32 Å². The molecule has 5 heteroatoms. The van der Waals surface area contributed by atoms with Gasteiger partial charge in [-0.15, -0.1) is 0 Å². The molecule has 0 aromatic rings. The van der Waals surface area contributed by atoms with Gasteiger partial charge in [0.05, 0.1) is 18.3 Å². The van der Waals surface area contributed by atoms with Gasteiger partial charge in [0.1, 0.15) is 6.04 Å². The lowest BCUT2D eigenvalue weighted by molar-refractivity contribution is -0.121. The first-order valence-corrected chi connectivity index (χ1v) is 9.22. The highest BCUT2D eigenvalue weighted by atomic mass is 16.1. The standard InChI is InChI=1S/C19H25N3O2/c23-15-4-5-16-14(11-15)10-13-6-7-20-19(18(13)21-16)17(24)12-22-8-2-1-3-9-22/h10-11,16,19-20H,1-9,12H2. The van der Waals surface area contributed by atoms with E-state index in [1.807, 2.05) is 0 Å². The van der Waals surface area contributed by atoms with Crippen molar-refractivity contribution in [3.8, 4) is 0 Å². The van der Waals surface area contributed by atoms with Crippen LogP contribution in [0.3, 0.4) is 0 Å². The fraction of sp³-hybridized carbons (Fsp3) is 0.632. The summed E-state index contributed by atoms with van der Waals surface area (Å²) < 4.78 is 0. The molecule has 24 heavy (non-hydrogen) atoms. The molecule has 0 spiro atoms. The van der Waals surface area contributed by atoms with Crippen LogP contribution in [0.25, 0.3) is 0 Å². The Morgan fingerprint density at radius 1 is 1.21 bits per heavy atom. The number of aliphatic imine (C=N–C) groups is 1. The predicted octanol–water partition coefficient (Wildman–Crippen LogP) is 1.44. The Labute approximate surface area is 142 Å². The van der Waals surface area contributed by atoms with E-state index in [0.717, 1.165) is 49.3 Å². The van der Waals surface area contributed by atoms with Crippen molar-refractivity contribution in [2.45, 2.75) is 50.6 Å². The van der Waals surface area contributed by atoms with Crippen LogP contribution >= 0.6 is 0 Å². The number of Topliss-reactive ketones (excluding diaryl/α,β-unsaturated/α-hetero) is 1. The minimum atomic E-state index is -0.272. The van der Waals surface area contributed by atoms with Gasteiger partial charge >= 0.3 is 0 Å². The summed E-state index contributed by atoms with van der Waals surface area (Å²) >= 11 is 0. The molecule has 3 heterocycles. The summed E-state index contributed by atoms with van der Waals surface area (Å²) in [5.74, 6) is 0.434. The molecule has 5 nitrogen and oxygen atoms in total. The fourth-order valence-corrected chi connectivity index (χ4v) is 4.21. The lowest BCUT2D eigenvalue weighted by atomic mass is 9.84. The van der Waals surface area contributed by atoms with Crippen LogP contribution in [0.15, 0.2) is 28.3 Å². The molecule has 3 aliphatic heterocycles. The second-order valence-corrected chi connectivity index (χ2v) is 7.29. The molecule has 2 fully saturated rings. The minimum Gasteiger partial charge on any atom is -0.302 e. The van der Waals surface area contributed by atoms with Crippen molar-refractivity contribution in [1.82, 2.24) is 10.2 Å². The van der Waals surface area contributed by atoms with Crippen LogP contribution in [0.1, 0.15) is 38.5 Å². The summed E-state index contributed by atoms with van der Waals surface area (Å²) in [6.07, 6.45) is 9.74. The molecule has 2 unspecified atom stereocenters. The third kappa shape index (κ3) is 3.15. The lowest BCUT2D eigenvalue weighted by Crippen LogP contribution is -2.53. The first-order valence-electron chi connectivity index (χ1n) is 9.22. The van der Waals surface area contributed by atoms with E-state index in [9.17, 15) is 9.59 Å². The largest absolute Gasteiger partial charge is 0.302 e. The summed E-state index contributed by atoms with van der Waals surface area (Å²) in [5.41, 5.74) is 3.11. The first kappa shape index (κ1) is 15.9. The van der Waals surface area contributed by atoms with Gasteiger partial charge in [0.2, 0.25) is 0 Å². The van der Waals surface area contributed by atoms with Gasteiger partial charge in [-0.3, -0.25) is 19.5 Å². The number of ketones is 2. The number of carbonyl (C=O) groups excluding carboxylic acids is 2. The highest BCUT2D eigenvalue weighted by molar-refractivity contribution is 6.18. The molecule has 0 aromatic carbocycles. The molecule has 0 amide bonds. The van der Waals surface area contributed by atoms with E-state index >= 15 is 0 Å². The van der Waals surface area contributed by atoms with Crippen LogP contribution in [0.4, 0.5) is 0 Å². The number of allylic oxidation sites excluding steroid dienone is 1. The van der Waals surface area contributed by atoms with Gasteiger partial charge in [0, 0.05) is 13.0 Å². The smallest absolute Gasteiger partial charge is 0.169 e. The molecule has 1 N–H and O–H groups in total. The van der Waals surface area contributed by atoms with E-state index in [1.54, 1.807) is 6.08 Å². The molecule has 0 saturated carbocycles. The van der Waals surface area contributed by atoms with Gasteiger partial charge in [-0.05, 0) is 56.0 Å². The highest BCUT2D eigenvalue weighted by Crippen LogP contribution is 2.30. The van der Waals surface area contributed by atoms with E-state index in [2.05, 4.69) is 16.3 Å². The Hall–Kier alpha value is -1.59. The second-order valence-electron chi connectivity index (χ2n) is 7.29. The Morgan fingerprint density at radius 3 is 2.88 bits per heavy atom. The molecule has 128 valence electrons. The van der Waals surface area contributed by atoms with Crippen LogP contribution in [0, 0.1) is 0 Å². The van der Waals surface area contributed by atoms with Gasteiger partial charge in [-0.1, -0.05) is 12.5 Å². The summed E-state index contributed by atoms with van der Waals surface area (Å²) in [7, 11) is 0. The number of hydrogen-bond acceptors (Lipinski definition) is 5. The van der Waals surface area contributed by atoms with E-state index in [0.29, 0.717) is 13.0 Å². The number of nitrogens with zero attached hydrogens (tertiary/aromatic N) is 2. The molecular weight excluding hydrogens is 302 g/mol. The number of fused-ring (bicyclic) bond motifs is 2. The SMILES string of the molecule is O=C1C=C2C=C3CCNC(C(=O)CN4CCCCC4)C3=NC2CC1. The van der Waals surface area contributed by atoms with E-state index < -0.39 is 0 Å². The summed E-state index contributed by atoms with van der Waals surface area (Å²) in [4.78, 5) is 31.7. The van der Waals surface area contributed by atoms with Gasteiger partial charge in [-0.2, -0.15) is 0 Å². The second kappa shape index (κ2) is 6.73.